The monoisotopic (exact) mass is 1860 g/mol. The molecule has 0 spiro atoms. The summed E-state index contributed by atoms with van der Waals surface area (Å²) < 4.78 is 38.5. The van der Waals surface area contributed by atoms with E-state index < -0.39 is 40.3 Å². The quantitative estimate of drug-likeness (QED) is 0.00809. The third-order valence-electron chi connectivity index (χ3n) is 11.7. The van der Waals surface area contributed by atoms with E-state index in [0.717, 1.165) is 56.3 Å². The van der Waals surface area contributed by atoms with Crippen molar-refractivity contribution in [3.63, 3.8) is 0 Å². The fraction of sp³-hybridized carbons (Fsp3) is 0.600. The Hall–Kier alpha value is -5.41. The van der Waals surface area contributed by atoms with E-state index in [1.54, 1.807) is 9.36 Å². The normalized spacial score (nSPS) is 11.4. The lowest BCUT2D eigenvalue weighted by molar-refractivity contribution is -0.386. The Kier molecular flexibility index (Phi) is 42.7. The number of hydrogen-bond acceptors (Lipinski definition) is 27. The smallest absolute Gasteiger partial charge is 0.376 e. The van der Waals surface area contributed by atoms with Crippen LogP contribution in [0.2, 0.25) is 0 Å². The molecule has 8 rings (SSSR count). The Morgan fingerprint density at radius 3 is 1.26 bits per heavy atom. The Labute approximate surface area is 611 Å². The first-order chi connectivity index (χ1) is 43.9. The predicted octanol–water partition coefficient (Wildman–Crippen LogP) is 8.33. The molecule has 2 aliphatic rings. The molecule has 95 heavy (non-hydrogen) atoms. The molecule has 0 bridgehead atoms. The largest absolute Gasteiger partial charge is 0.396 e. The van der Waals surface area contributed by atoms with Gasteiger partial charge in [-0.1, -0.05) is 15.9 Å². The minimum atomic E-state index is -3.48. The molecular weight excluding hydrogens is 1800 g/mol. The highest BCUT2D eigenvalue weighted by molar-refractivity contribution is 9.11. The number of anilines is 5. The van der Waals surface area contributed by atoms with Crippen molar-refractivity contribution in [2.75, 3.05) is 91.2 Å². The van der Waals surface area contributed by atoms with E-state index in [1.807, 2.05) is 32.4 Å². The molecule has 2 aliphatic heterocycles. The molecule has 40 nitrogen and oxygen atoms in total. The lowest BCUT2D eigenvalue weighted by atomic mass is 10.4. The summed E-state index contributed by atoms with van der Waals surface area (Å²) in [5.41, 5.74) is 4.74. The van der Waals surface area contributed by atoms with Crippen LogP contribution in [0.15, 0.2) is 37.2 Å². The number of halogens is 9. The summed E-state index contributed by atoms with van der Waals surface area (Å²) in [4.78, 5) is 73.9. The first-order valence-corrected chi connectivity index (χ1v) is 35.3. The summed E-state index contributed by atoms with van der Waals surface area (Å²) >= 11 is 21.1. The Bertz CT molecular complexity index is 3670. The third-order valence-corrected chi connectivity index (χ3v) is 16.3. The molecule has 8 heterocycles. The number of nitrogens with zero attached hydrogens (tertiary/aromatic N) is 16. The van der Waals surface area contributed by atoms with Gasteiger partial charge in [-0.3, -0.25) is 83.5 Å². The zero-order valence-electron chi connectivity index (χ0n) is 51.1. The number of alkyl halides is 1. The highest BCUT2D eigenvalue weighted by Gasteiger charge is 2.32. The number of aromatic nitrogens is 12. The number of nitrogens with one attached hydrogen (secondary N) is 5. The van der Waals surface area contributed by atoms with E-state index in [0.29, 0.717) is 100 Å². The van der Waals surface area contributed by atoms with E-state index in [1.165, 1.54) is 18.7 Å². The molecule has 0 atom stereocenters. The maximum atomic E-state index is 11.7. The molecule has 538 valence electrons. The summed E-state index contributed by atoms with van der Waals surface area (Å²) in [6.45, 7) is 14.3. The molecule has 0 aromatic carbocycles. The molecule has 6 aromatic heterocycles. The molecule has 6 aromatic rings. The summed E-state index contributed by atoms with van der Waals surface area (Å²) in [5.74, 6) is 1.77. The minimum Gasteiger partial charge on any atom is -0.396 e. The van der Waals surface area contributed by atoms with Crippen LogP contribution in [0.3, 0.4) is 0 Å². The van der Waals surface area contributed by atoms with E-state index >= 15 is 0 Å². The van der Waals surface area contributed by atoms with Crippen molar-refractivity contribution in [3.8, 4) is 0 Å². The molecule has 10 N–H and O–H groups in total. The maximum absolute atomic E-state index is 11.7. The number of nitro groups is 5. The van der Waals surface area contributed by atoms with Crippen LogP contribution in [0.25, 0.3) is 0 Å². The number of nitrogens with two attached hydrogens (primary N) is 1. The van der Waals surface area contributed by atoms with Crippen molar-refractivity contribution in [1.29, 1.82) is 0 Å². The second-order valence-corrected chi connectivity index (χ2v) is 25.2. The number of rotatable bonds is 26. The number of H-pyrrole nitrogens is 1. The van der Waals surface area contributed by atoms with Gasteiger partial charge in [0.2, 0.25) is 35.9 Å². The summed E-state index contributed by atoms with van der Waals surface area (Å²) in [6.07, 6.45) is 5.07. The van der Waals surface area contributed by atoms with Crippen LogP contribution < -0.4 is 38.1 Å². The molecule has 0 saturated carbocycles. The predicted molar refractivity (Wildman–Crippen MR) is 381 cm³/mol. The summed E-state index contributed by atoms with van der Waals surface area (Å²) in [7, 11) is -3.48. The van der Waals surface area contributed by atoms with Crippen LogP contribution in [0, 0.1) is 50.6 Å². The Balaban J connectivity index is 0.00000110. The van der Waals surface area contributed by atoms with Crippen molar-refractivity contribution >= 4 is 204 Å². The maximum Gasteiger partial charge on any atom is 0.376 e. The molecule has 0 saturated heterocycles. The van der Waals surface area contributed by atoms with Crippen molar-refractivity contribution in [1.82, 2.24) is 58.3 Å². The molecule has 0 aliphatic carbocycles. The van der Waals surface area contributed by atoms with Crippen molar-refractivity contribution < 1.29 is 52.5 Å². The summed E-state index contributed by atoms with van der Waals surface area (Å²) in [6, 6.07) is 0. The topological polar surface area (TPSA) is 530 Å². The van der Waals surface area contributed by atoms with Crippen LogP contribution in [-0.2, 0) is 60.1 Å². The average molecular weight is 1870 g/mol. The van der Waals surface area contributed by atoms with Crippen LogP contribution in [0.5, 0.6) is 0 Å². The van der Waals surface area contributed by atoms with Gasteiger partial charge in [-0.2, -0.15) is 28.8 Å². The number of aryl methyl sites for hydroxylation is 3. The standard InChI is InChI=1S/C9H15BrN4O5S.C8H13BrN4O3.C8H12N4O3.C8H14N4O.C6H7Br2N3O3.C3HBr2N3O2.C3H7BrO.2ClH/c1-3-11-9-7(14(15)16)8(10)12-13(9)5-4-6-19-20(2,17)18;1-2-10-8-6(13(15)16)7(9)11-12(8)4-3-5-14;1-2-9-7-6(12(14)15)8(13)11-5-3-4-10(7)11;1-2-10-7-6(9)8(13)12-5-3-4-11(7)12;7-5-4(11(13)14)6(8)10(9-5)2-1-3-12;4-2-1(8(9)10)3(5)7-6-2;4-2-1-3-5;;/h11H,3-6H2,1-2H3;10,14H,2-5H2,1H3;9H,2-5H2,1H3;10H,2-5,9H2,1H3;12H,1-3H2;(H,6,7);5H,1-3H2;2*1H. The molecule has 0 radical (unpaired) electrons. The molecule has 0 fully saturated rings. The Morgan fingerprint density at radius 1 is 0.537 bits per heavy atom. The fourth-order valence-electron chi connectivity index (χ4n) is 7.95. The highest BCUT2D eigenvalue weighted by atomic mass is 79.9. The van der Waals surface area contributed by atoms with E-state index in [4.69, 9.17) is 21.1 Å². The number of aliphatic hydroxyl groups excluding tert-OH is 3. The highest BCUT2D eigenvalue weighted by Crippen LogP contribution is 2.35. The van der Waals surface area contributed by atoms with Gasteiger partial charge in [0.05, 0.1) is 37.5 Å². The Morgan fingerprint density at radius 2 is 0.905 bits per heavy atom. The molecule has 50 heteroatoms. The zero-order valence-corrected chi connectivity index (χ0v) is 64.7. The number of aromatic amines is 1. The number of fused-ring (bicyclic) bond motifs is 2. The van der Waals surface area contributed by atoms with Crippen LogP contribution in [0.4, 0.5) is 57.4 Å². The van der Waals surface area contributed by atoms with Crippen LogP contribution in [0.1, 0.15) is 66.2 Å². The second-order valence-electron chi connectivity index (χ2n) is 18.2. The van der Waals surface area contributed by atoms with Gasteiger partial charge in [-0.15, -0.1) is 24.8 Å². The first-order valence-electron chi connectivity index (χ1n) is 27.6. The lowest BCUT2D eigenvalue weighted by Crippen LogP contribution is -2.18. The van der Waals surface area contributed by atoms with Gasteiger partial charge < -0.3 is 42.3 Å². The van der Waals surface area contributed by atoms with Crippen molar-refractivity contribution in [2.24, 2.45) is 0 Å². The number of aliphatic hydroxyl groups is 3. The van der Waals surface area contributed by atoms with E-state index in [-0.39, 0.29) is 107 Å². The lowest BCUT2D eigenvalue weighted by Gasteiger charge is -2.07. The van der Waals surface area contributed by atoms with E-state index in [2.05, 4.69) is 162 Å². The summed E-state index contributed by atoms with van der Waals surface area (Å²) in [5, 5.41) is 109. The first kappa shape index (κ1) is 89.6. The second kappa shape index (κ2) is 45.2. The molecular formula is C45H71Br7Cl2N22O18S. The average Bonchev–Trinajstić information content (AvgIpc) is 1.63. The third kappa shape index (κ3) is 26.7. The SMILES string of the molecule is CCNc1c(N)c(=O)n2n1CCC2.CCNc1c([N+](=O)[O-])c(=O)n2n1CCC2.CCNc1c([N+](=O)[O-])c(Br)nn1CCCO.CCNc1c([N+](=O)[O-])c(Br)nn1CCCOS(C)(=O)=O.Cl.Cl.O=[N+]([O-])c1c(Br)n[nH]c1Br.O=[N+]([O-])c1c(Br)nn(CCCO)c1Br.OCCCBr. The van der Waals surface area contributed by atoms with Crippen LogP contribution in [-0.4, -0.2) is 171 Å². The van der Waals surface area contributed by atoms with Crippen molar-refractivity contribution in [2.45, 2.75) is 112 Å². The van der Waals surface area contributed by atoms with Gasteiger partial charge in [-0.05, 0) is 162 Å². The zero-order chi connectivity index (χ0) is 70.4. The van der Waals surface area contributed by atoms with Gasteiger partial charge in [-0.25, -0.2) is 18.7 Å². The van der Waals surface area contributed by atoms with Crippen LogP contribution >= 0.6 is 136 Å². The minimum absolute atomic E-state index is 0. The van der Waals surface area contributed by atoms with Gasteiger partial charge in [0.25, 0.3) is 15.7 Å². The fourth-order valence-corrected chi connectivity index (χ4v) is 12.2. The van der Waals surface area contributed by atoms with Gasteiger partial charge in [0.15, 0.2) is 9.21 Å². The number of nitrogen functional groups attached to an aromatic ring is 1. The van der Waals surface area contributed by atoms with Gasteiger partial charge in [0.1, 0.15) is 11.5 Å². The molecule has 0 unspecified atom stereocenters. The van der Waals surface area contributed by atoms with Gasteiger partial charge in [0, 0.05) is 97.1 Å². The van der Waals surface area contributed by atoms with Gasteiger partial charge >= 0.3 is 34.0 Å². The van der Waals surface area contributed by atoms with E-state index in [9.17, 15) is 68.6 Å². The van der Waals surface area contributed by atoms with Crippen molar-refractivity contribution in [3.05, 3.63) is 98.9 Å². The number of hydrogen-bond donors (Lipinski definition) is 9. The molecule has 0 amide bonds.